The summed E-state index contributed by atoms with van der Waals surface area (Å²) in [4.78, 5) is 24.3. The molecule has 1 aliphatic heterocycles. The van der Waals surface area contributed by atoms with Crippen molar-refractivity contribution in [2.24, 2.45) is 0 Å². The van der Waals surface area contributed by atoms with E-state index in [-0.39, 0.29) is 61.6 Å². The van der Waals surface area contributed by atoms with Gasteiger partial charge in [-0.25, -0.2) is 17.5 Å². The van der Waals surface area contributed by atoms with Crippen LogP contribution in [0.15, 0.2) is 66.7 Å². The normalized spacial score (nSPS) is 15.2. The Balaban J connectivity index is 1.43. The van der Waals surface area contributed by atoms with Crippen LogP contribution in [0.25, 0.3) is 0 Å². The van der Waals surface area contributed by atoms with Crippen LogP contribution in [-0.4, -0.2) is 54.1 Å². The van der Waals surface area contributed by atoms with Crippen molar-refractivity contribution in [3.63, 3.8) is 0 Å². The van der Waals surface area contributed by atoms with Gasteiger partial charge in [0.2, 0.25) is 10.0 Å². The third kappa shape index (κ3) is 7.94. The maximum Gasteiger partial charge on any atom is 0.416 e. The van der Waals surface area contributed by atoms with E-state index in [9.17, 15) is 36.4 Å². The molecule has 44 heavy (non-hydrogen) atoms. The lowest BCUT2D eigenvalue weighted by molar-refractivity contribution is -0.137. The Morgan fingerprint density at radius 1 is 1.05 bits per heavy atom. The minimum absolute atomic E-state index is 0.0249. The Labute approximate surface area is 252 Å². The van der Waals surface area contributed by atoms with E-state index in [2.05, 4.69) is 5.32 Å². The van der Waals surface area contributed by atoms with E-state index in [1.165, 1.54) is 22.5 Å². The van der Waals surface area contributed by atoms with Crippen molar-refractivity contribution in [1.29, 1.82) is 5.26 Å². The van der Waals surface area contributed by atoms with Crippen molar-refractivity contribution < 1.29 is 41.0 Å². The predicted molar refractivity (Wildman–Crippen MR) is 154 cm³/mol. The van der Waals surface area contributed by atoms with Gasteiger partial charge < -0.3 is 15.2 Å². The molecule has 0 aliphatic carbocycles. The van der Waals surface area contributed by atoms with Gasteiger partial charge in [0.1, 0.15) is 17.9 Å². The van der Waals surface area contributed by atoms with Gasteiger partial charge in [0, 0.05) is 18.7 Å². The zero-order valence-corrected chi connectivity index (χ0v) is 24.5. The van der Waals surface area contributed by atoms with Gasteiger partial charge in [-0.3, -0.25) is 4.79 Å². The highest BCUT2D eigenvalue weighted by Crippen LogP contribution is 2.33. The summed E-state index contributed by atoms with van der Waals surface area (Å²) in [5.41, 5.74) is -0.792. The van der Waals surface area contributed by atoms with Crippen LogP contribution in [0, 0.1) is 18.3 Å². The number of hydrogen-bond donors (Lipinski definition) is 2. The number of amides is 1. The number of carbonyl (C=O) groups is 2. The molecule has 1 heterocycles. The van der Waals surface area contributed by atoms with Crippen molar-refractivity contribution in [3.8, 4) is 11.8 Å². The number of sulfonamides is 1. The van der Waals surface area contributed by atoms with Gasteiger partial charge >= 0.3 is 12.1 Å². The Morgan fingerprint density at radius 3 is 2.32 bits per heavy atom. The van der Waals surface area contributed by atoms with Crippen LogP contribution in [0.1, 0.15) is 55.8 Å². The topological polar surface area (TPSA) is 137 Å². The number of aromatic carboxylic acids is 1. The number of hydrogen-bond acceptors (Lipinski definition) is 6. The molecule has 3 aromatic rings. The molecular formula is C31H30F3N3O6S. The first kappa shape index (κ1) is 32.5. The smallest absolute Gasteiger partial charge is 0.416 e. The summed E-state index contributed by atoms with van der Waals surface area (Å²) in [6, 6.07) is 17.9. The number of nitriles is 1. The van der Waals surface area contributed by atoms with Crippen LogP contribution in [0.3, 0.4) is 0 Å². The molecule has 9 nitrogen and oxygen atoms in total. The van der Waals surface area contributed by atoms with Crippen molar-refractivity contribution in [3.05, 3.63) is 100 Å². The molecule has 1 fully saturated rings. The second-order valence-corrected chi connectivity index (χ2v) is 12.7. The molecule has 2 N–H and O–H groups in total. The first-order valence-electron chi connectivity index (χ1n) is 13.6. The SMILES string of the molecule is Cc1cc(C(=O)O)ccc1CCS(=O)(=O)N1CCC(C#N)(NC(=O)c2cc(OCc3ccccc3)cc(C(F)(F)F)c2)CC1. The lowest BCUT2D eigenvalue weighted by atomic mass is 9.89. The number of halogens is 3. The second-order valence-electron chi connectivity index (χ2n) is 10.6. The highest BCUT2D eigenvalue weighted by molar-refractivity contribution is 7.89. The number of carboxylic acid groups (broad SMARTS) is 1. The van der Waals surface area contributed by atoms with Crippen LogP contribution in [-0.2, 0) is 29.2 Å². The summed E-state index contributed by atoms with van der Waals surface area (Å²) >= 11 is 0. The van der Waals surface area contributed by atoms with E-state index in [0.29, 0.717) is 22.8 Å². The molecule has 1 aliphatic rings. The first-order chi connectivity index (χ1) is 20.7. The first-order valence-corrected chi connectivity index (χ1v) is 15.3. The number of nitrogens with one attached hydrogen (secondary N) is 1. The van der Waals surface area contributed by atoms with E-state index < -0.39 is 39.2 Å². The number of carbonyl (C=O) groups excluding carboxylic acids is 1. The molecule has 0 saturated carbocycles. The van der Waals surface area contributed by atoms with E-state index in [4.69, 9.17) is 9.84 Å². The zero-order chi connectivity index (χ0) is 32.1. The number of aryl methyl sites for hydroxylation is 2. The fourth-order valence-electron chi connectivity index (χ4n) is 4.90. The maximum atomic E-state index is 13.6. The van der Waals surface area contributed by atoms with E-state index >= 15 is 0 Å². The van der Waals surface area contributed by atoms with E-state index in [1.807, 2.05) is 6.07 Å². The van der Waals surface area contributed by atoms with Crippen LogP contribution in [0.4, 0.5) is 13.2 Å². The summed E-state index contributed by atoms with van der Waals surface area (Å²) in [6.45, 7) is 1.51. The van der Waals surface area contributed by atoms with Gasteiger partial charge in [-0.1, -0.05) is 36.4 Å². The molecular weight excluding hydrogens is 599 g/mol. The number of benzene rings is 3. The zero-order valence-electron chi connectivity index (χ0n) is 23.7. The van der Waals surface area contributed by atoms with Crippen molar-refractivity contribution in [2.75, 3.05) is 18.8 Å². The molecule has 0 aromatic heterocycles. The molecule has 1 saturated heterocycles. The molecule has 0 bridgehead atoms. The minimum Gasteiger partial charge on any atom is -0.489 e. The average molecular weight is 630 g/mol. The fourth-order valence-corrected chi connectivity index (χ4v) is 6.37. The second kappa shape index (κ2) is 13.1. The highest BCUT2D eigenvalue weighted by atomic mass is 32.2. The van der Waals surface area contributed by atoms with Gasteiger partial charge in [0.05, 0.1) is 22.9 Å². The third-order valence-corrected chi connectivity index (χ3v) is 9.37. The molecule has 232 valence electrons. The molecule has 13 heteroatoms. The summed E-state index contributed by atoms with van der Waals surface area (Å²) in [7, 11) is -3.77. The van der Waals surface area contributed by atoms with Gasteiger partial charge in [-0.2, -0.15) is 18.4 Å². The lowest BCUT2D eigenvalue weighted by Gasteiger charge is -2.37. The molecule has 0 unspecified atom stereocenters. The summed E-state index contributed by atoms with van der Waals surface area (Å²) in [5.74, 6) is -2.42. The standard InChI is InChI=1S/C31H30F3N3O6S/c1-21-15-24(29(39)40)8-7-23(21)9-14-44(41,42)37-12-10-30(20-35,11-13-37)36-28(38)25-16-26(31(32,33)34)18-27(17-25)43-19-22-5-3-2-4-6-22/h2-8,15-18H,9-14,19H2,1H3,(H,36,38)(H,39,40). The van der Waals surface area contributed by atoms with Crippen LogP contribution < -0.4 is 10.1 Å². The van der Waals surface area contributed by atoms with Gasteiger partial charge in [-0.05, 0) is 73.2 Å². The summed E-state index contributed by atoms with van der Waals surface area (Å²) in [6.07, 6.45) is -4.76. The van der Waals surface area contributed by atoms with Gasteiger partial charge in [0.25, 0.3) is 5.91 Å². The fraction of sp³-hybridized carbons (Fsp3) is 0.323. The quantitative estimate of drug-likeness (QED) is 0.324. The largest absolute Gasteiger partial charge is 0.489 e. The molecule has 4 rings (SSSR count). The third-order valence-electron chi connectivity index (χ3n) is 7.50. The van der Waals surface area contributed by atoms with Crippen molar-refractivity contribution in [1.82, 2.24) is 9.62 Å². The Hall–Kier alpha value is -4.41. The summed E-state index contributed by atoms with van der Waals surface area (Å²) < 4.78 is 73.8. The number of piperidine rings is 1. The lowest BCUT2D eigenvalue weighted by Crippen LogP contribution is -2.55. The number of alkyl halides is 3. The maximum absolute atomic E-state index is 13.6. The van der Waals surface area contributed by atoms with Gasteiger partial charge in [0.15, 0.2) is 0 Å². The van der Waals surface area contributed by atoms with Crippen molar-refractivity contribution >= 4 is 21.9 Å². The Morgan fingerprint density at radius 2 is 1.73 bits per heavy atom. The highest BCUT2D eigenvalue weighted by Gasteiger charge is 2.40. The molecule has 1 amide bonds. The van der Waals surface area contributed by atoms with Crippen LogP contribution in [0.5, 0.6) is 5.75 Å². The summed E-state index contributed by atoms with van der Waals surface area (Å²) in [5, 5.41) is 21.6. The molecule has 3 aromatic carbocycles. The van der Waals surface area contributed by atoms with Gasteiger partial charge in [-0.15, -0.1) is 0 Å². The monoisotopic (exact) mass is 629 g/mol. The van der Waals surface area contributed by atoms with Crippen LogP contribution in [0.2, 0.25) is 0 Å². The Bertz CT molecular complexity index is 1680. The van der Waals surface area contributed by atoms with E-state index in [1.54, 1.807) is 43.3 Å². The number of ether oxygens (including phenoxy) is 1. The Kier molecular flexibility index (Phi) is 9.66. The average Bonchev–Trinajstić information content (AvgIpc) is 2.99. The van der Waals surface area contributed by atoms with E-state index in [0.717, 1.165) is 6.07 Å². The van der Waals surface area contributed by atoms with Crippen LogP contribution >= 0.6 is 0 Å². The number of carboxylic acids is 1. The number of nitrogens with zero attached hydrogens (tertiary/aromatic N) is 2. The molecule has 0 radical (unpaired) electrons. The predicted octanol–water partition coefficient (Wildman–Crippen LogP) is 4.95. The van der Waals surface area contributed by atoms with Crippen molar-refractivity contribution in [2.45, 2.75) is 44.5 Å². The number of rotatable bonds is 10. The molecule has 0 atom stereocenters. The minimum atomic E-state index is -4.76. The molecule has 0 spiro atoms.